The van der Waals surface area contributed by atoms with Crippen LogP contribution in [-0.2, 0) is 22.8 Å². The number of amides is 2. The van der Waals surface area contributed by atoms with Gasteiger partial charge >= 0.3 is 12.4 Å². The molecule has 1 heterocycles. The predicted octanol–water partition coefficient (Wildman–Crippen LogP) is 8.62. The van der Waals surface area contributed by atoms with E-state index in [-0.39, 0.29) is 24.1 Å². The molecule has 1 aliphatic rings. The lowest BCUT2D eigenvalue weighted by molar-refractivity contribution is -0.613. The Labute approximate surface area is 289 Å². The van der Waals surface area contributed by atoms with Gasteiger partial charge in [0.15, 0.2) is 5.69 Å². The second-order valence-corrected chi connectivity index (χ2v) is 12.3. The lowest BCUT2D eigenvalue weighted by atomic mass is 9.73. The summed E-state index contributed by atoms with van der Waals surface area (Å²) in [6.07, 6.45) is -6.55. The van der Waals surface area contributed by atoms with Crippen LogP contribution in [0, 0.1) is 5.21 Å². The highest BCUT2D eigenvalue weighted by Crippen LogP contribution is 2.51. The summed E-state index contributed by atoms with van der Waals surface area (Å²) in [6.45, 7) is -1.46. The molecule has 2 N–H and O–H groups in total. The molecule has 0 saturated heterocycles. The molecule has 4 aromatic carbocycles. The SMILES string of the molecule is O=C(Nc1ccc(CCCCC2(C(=O)NCC(F)(F)F)c3ccccc3-c3ccccc32)[n+]([O-])c1)c1ccccc1-c1ccc(C(F)(F)F)cc1. The largest absolute Gasteiger partial charge is 0.618 e. The Bertz CT molecular complexity index is 2030. The van der Waals surface area contributed by atoms with Crippen molar-refractivity contribution < 1.29 is 40.7 Å². The number of halogens is 6. The maximum Gasteiger partial charge on any atom is 0.416 e. The van der Waals surface area contributed by atoms with E-state index >= 15 is 0 Å². The number of aromatic nitrogens is 1. The Balaban J connectivity index is 1.15. The van der Waals surface area contributed by atoms with Crippen molar-refractivity contribution in [2.75, 3.05) is 11.9 Å². The summed E-state index contributed by atoms with van der Waals surface area (Å²) in [7, 11) is 0. The molecule has 1 aromatic heterocycles. The molecule has 0 unspecified atom stereocenters. The third-order valence-corrected chi connectivity index (χ3v) is 9.08. The smallest absolute Gasteiger partial charge is 0.416 e. The van der Waals surface area contributed by atoms with Crippen molar-refractivity contribution in [2.45, 2.75) is 43.5 Å². The van der Waals surface area contributed by atoms with Gasteiger partial charge in [-0.2, -0.15) is 31.1 Å². The summed E-state index contributed by atoms with van der Waals surface area (Å²) in [4.78, 5) is 26.9. The number of rotatable bonds is 10. The summed E-state index contributed by atoms with van der Waals surface area (Å²) in [5, 5.41) is 17.8. The Morgan fingerprint density at radius 3 is 1.88 bits per heavy atom. The van der Waals surface area contributed by atoms with Crippen LogP contribution in [0.3, 0.4) is 0 Å². The molecule has 6 nitrogen and oxygen atoms in total. The topological polar surface area (TPSA) is 85.1 Å². The first-order chi connectivity index (χ1) is 24.3. The van der Waals surface area contributed by atoms with Crippen molar-refractivity contribution >= 4 is 17.5 Å². The average Bonchev–Trinajstić information content (AvgIpc) is 3.39. The van der Waals surface area contributed by atoms with E-state index in [1.165, 1.54) is 24.4 Å². The highest BCUT2D eigenvalue weighted by atomic mass is 19.4. The predicted molar refractivity (Wildman–Crippen MR) is 180 cm³/mol. The van der Waals surface area contributed by atoms with Gasteiger partial charge in [0.05, 0.1) is 5.56 Å². The molecule has 2 amide bonds. The number of hydrogen-bond donors (Lipinski definition) is 2. The molecule has 262 valence electrons. The third-order valence-electron chi connectivity index (χ3n) is 9.08. The molecule has 0 spiro atoms. The van der Waals surface area contributed by atoms with Crippen molar-refractivity contribution in [1.29, 1.82) is 0 Å². The average molecular weight is 704 g/mol. The van der Waals surface area contributed by atoms with Gasteiger partial charge < -0.3 is 15.8 Å². The molecule has 0 radical (unpaired) electrons. The standard InChI is InChI=1S/C39H31F6N3O3/c40-38(41,42)24-46-36(50)37(33-14-5-3-11-30(33)31-12-4-6-15-34(31)37)22-8-7-9-28-21-20-27(23-48(28)51)47-35(49)32-13-2-1-10-29(32)25-16-18-26(19-17-25)39(43,44)45/h1-6,10-21,23H,7-9,22,24H2,(H,46,50)(H,47,49). The maximum absolute atomic E-state index is 13.7. The molecule has 0 bridgehead atoms. The van der Waals surface area contributed by atoms with Crippen LogP contribution in [0.25, 0.3) is 22.3 Å². The number of fused-ring (bicyclic) bond motifs is 3. The van der Waals surface area contributed by atoms with Crippen LogP contribution in [0.5, 0.6) is 0 Å². The maximum atomic E-state index is 13.7. The van der Waals surface area contributed by atoms with Gasteiger partial charge in [0.25, 0.3) is 5.91 Å². The first kappa shape index (κ1) is 35.2. The van der Waals surface area contributed by atoms with Crippen molar-refractivity contribution in [3.05, 3.63) is 149 Å². The number of nitrogens with zero attached hydrogens (tertiary/aromatic N) is 1. The zero-order valence-corrected chi connectivity index (χ0v) is 26.9. The first-order valence-corrected chi connectivity index (χ1v) is 16.1. The minimum atomic E-state index is -4.59. The second kappa shape index (κ2) is 13.9. The highest BCUT2D eigenvalue weighted by molar-refractivity contribution is 6.08. The fourth-order valence-corrected chi connectivity index (χ4v) is 6.73. The Morgan fingerprint density at radius 2 is 1.29 bits per heavy atom. The molecule has 0 fully saturated rings. The Hall–Kier alpha value is -5.65. The number of carbonyl (C=O) groups excluding carboxylic acids is 2. The zero-order chi connectivity index (χ0) is 36.4. The van der Waals surface area contributed by atoms with Gasteiger partial charge in [-0.3, -0.25) is 9.59 Å². The van der Waals surface area contributed by atoms with Crippen LogP contribution < -0.4 is 15.4 Å². The van der Waals surface area contributed by atoms with E-state index in [2.05, 4.69) is 10.6 Å². The number of hydrogen-bond acceptors (Lipinski definition) is 3. The second-order valence-electron chi connectivity index (χ2n) is 12.3. The van der Waals surface area contributed by atoms with Gasteiger partial charge in [0, 0.05) is 18.1 Å². The van der Waals surface area contributed by atoms with Crippen LogP contribution in [0.15, 0.2) is 115 Å². The molecule has 0 saturated carbocycles. The molecule has 0 aliphatic heterocycles. The fourth-order valence-electron chi connectivity index (χ4n) is 6.73. The Kier molecular flexibility index (Phi) is 9.61. The number of aryl methyl sites for hydroxylation is 1. The zero-order valence-electron chi connectivity index (χ0n) is 26.9. The number of carbonyl (C=O) groups is 2. The van der Waals surface area contributed by atoms with Crippen LogP contribution >= 0.6 is 0 Å². The number of anilines is 1. The van der Waals surface area contributed by atoms with Crippen molar-refractivity contribution in [3.63, 3.8) is 0 Å². The van der Waals surface area contributed by atoms with E-state index in [1.54, 1.807) is 54.6 Å². The van der Waals surface area contributed by atoms with Crippen molar-refractivity contribution in [2.24, 2.45) is 0 Å². The monoisotopic (exact) mass is 703 g/mol. The van der Waals surface area contributed by atoms with Gasteiger partial charge in [-0.05, 0) is 70.5 Å². The van der Waals surface area contributed by atoms with Gasteiger partial charge in [-0.1, -0.05) is 85.3 Å². The van der Waals surface area contributed by atoms with Crippen LogP contribution in [0.4, 0.5) is 32.0 Å². The summed E-state index contributed by atoms with van der Waals surface area (Å²) in [5.74, 6) is -1.31. The lowest BCUT2D eigenvalue weighted by Gasteiger charge is -2.31. The molecule has 6 rings (SSSR count). The minimum Gasteiger partial charge on any atom is -0.618 e. The summed E-state index contributed by atoms with van der Waals surface area (Å²) in [6, 6.07) is 28.4. The summed E-state index contributed by atoms with van der Waals surface area (Å²) in [5.41, 5.74) is 2.25. The van der Waals surface area contributed by atoms with E-state index in [0.29, 0.717) is 45.5 Å². The Morgan fingerprint density at radius 1 is 0.706 bits per heavy atom. The van der Waals surface area contributed by atoms with E-state index in [4.69, 9.17) is 0 Å². The molecule has 5 aromatic rings. The third kappa shape index (κ3) is 7.30. The number of benzene rings is 4. The fraction of sp³-hybridized carbons (Fsp3) is 0.205. The highest BCUT2D eigenvalue weighted by Gasteiger charge is 2.49. The van der Waals surface area contributed by atoms with Crippen molar-refractivity contribution in [3.8, 4) is 22.3 Å². The van der Waals surface area contributed by atoms with Gasteiger partial charge in [0.2, 0.25) is 12.1 Å². The molecule has 1 aliphatic carbocycles. The first-order valence-electron chi connectivity index (χ1n) is 16.1. The molecular formula is C39H31F6N3O3. The van der Waals surface area contributed by atoms with E-state index in [1.807, 2.05) is 24.3 Å². The normalized spacial score (nSPS) is 13.3. The van der Waals surface area contributed by atoms with E-state index < -0.39 is 41.7 Å². The number of alkyl halides is 6. The summed E-state index contributed by atoms with van der Waals surface area (Å²) >= 11 is 0. The van der Waals surface area contributed by atoms with Gasteiger partial charge in [-0.25, -0.2) is 0 Å². The van der Waals surface area contributed by atoms with Gasteiger partial charge in [0.1, 0.15) is 17.6 Å². The lowest BCUT2D eigenvalue weighted by Crippen LogP contribution is -2.47. The number of nitrogens with one attached hydrogen (secondary N) is 2. The van der Waals surface area contributed by atoms with E-state index in [9.17, 15) is 41.1 Å². The molecule has 0 atom stereocenters. The van der Waals surface area contributed by atoms with E-state index in [0.717, 1.165) is 23.3 Å². The molecule has 51 heavy (non-hydrogen) atoms. The molecule has 12 heteroatoms. The van der Waals surface area contributed by atoms with Crippen LogP contribution in [0.1, 0.15) is 52.0 Å². The summed E-state index contributed by atoms with van der Waals surface area (Å²) < 4.78 is 79.3. The van der Waals surface area contributed by atoms with Crippen LogP contribution in [0.2, 0.25) is 0 Å². The van der Waals surface area contributed by atoms with Crippen molar-refractivity contribution in [1.82, 2.24) is 5.32 Å². The number of unbranched alkanes of at least 4 members (excludes halogenated alkanes) is 1. The minimum absolute atomic E-state index is 0.195. The molecular weight excluding hydrogens is 672 g/mol. The number of pyridine rings is 1. The quantitative estimate of drug-likeness (QED) is 0.0662. The van der Waals surface area contributed by atoms with Gasteiger partial charge in [-0.15, -0.1) is 0 Å². The van der Waals surface area contributed by atoms with Crippen LogP contribution in [-0.4, -0.2) is 24.5 Å².